The van der Waals surface area contributed by atoms with Crippen LogP contribution in [0.2, 0.25) is 5.02 Å². The second kappa shape index (κ2) is 8.28. The van der Waals surface area contributed by atoms with Crippen LogP contribution in [0.5, 0.6) is 0 Å². The Bertz CT molecular complexity index is 1090. The Morgan fingerprint density at radius 2 is 1.67 bits per heavy atom. The van der Waals surface area contributed by atoms with E-state index in [2.05, 4.69) is 0 Å². The molecule has 1 aliphatic carbocycles. The molecule has 0 unspecified atom stereocenters. The van der Waals surface area contributed by atoms with E-state index in [0.717, 1.165) is 0 Å². The number of benzene rings is 3. The molecule has 0 fully saturated rings. The molecule has 30 heavy (non-hydrogen) atoms. The van der Waals surface area contributed by atoms with E-state index < -0.39 is 23.8 Å². The Kier molecular flexibility index (Phi) is 5.55. The van der Waals surface area contributed by atoms with Crippen LogP contribution >= 0.6 is 11.6 Å². The van der Waals surface area contributed by atoms with E-state index >= 15 is 0 Å². The quantitative estimate of drug-likeness (QED) is 0.639. The molecule has 3 aromatic carbocycles. The summed E-state index contributed by atoms with van der Waals surface area (Å²) in [5.41, 5.74) is 7.97. The summed E-state index contributed by atoms with van der Waals surface area (Å²) < 4.78 is 14.5. The second-order valence-electron chi connectivity index (χ2n) is 7.30. The van der Waals surface area contributed by atoms with Crippen molar-refractivity contribution in [1.82, 2.24) is 4.90 Å². The minimum absolute atomic E-state index is 0.251. The highest BCUT2D eigenvalue weighted by Crippen LogP contribution is 2.43. The van der Waals surface area contributed by atoms with Gasteiger partial charge in [-0.15, -0.1) is 0 Å². The molecular formula is C24H20ClFN2O2. The normalized spacial score (nSPS) is 16.0. The zero-order valence-electron chi connectivity index (χ0n) is 16.1. The third kappa shape index (κ3) is 3.68. The topological polar surface area (TPSA) is 63.4 Å². The first kappa shape index (κ1) is 20.1. The van der Waals surface area contributed by atoms with E-state index in [1.807, 2.05) is 12.1 Å². The molecule has 0 heterocycles. The fourth-order valence-corrected chi connectivity index (χ4v) is 4.39. The SMILES string of the molecule is NC(=O)[C@H](c1ccccc1)N(C(=O)c1ccccc1)[C@@H]1CCc2c(F)cc(Cl)cc21. The number of fused-ring (bicyclic) bond motifs is 1. The molecule has 0 aromatic heterocycles. The lowest BCUT2D eigenvalue weighted by Crippen LogP contribution is -2.43. The molecule has 0 bridgehead atoms. The number of halogens is 2. The molecule has 1 aliphatic rings. The highest BCUT2D eigenvalue weighted by molar-refractivity contribution is 6.30. The Morgan fingerprint density at radius 1 is 1.03 bits per heavy atom. The lowest BCUT2D eigenvalue weighted by molar-refractivity contribution is -0.123. The molecule has 4 rings (SSSR count). The average molecular weight is 423 g/mol. The van der Waals surface area contributed by atoms with Gasteiger partial charge in [-0.3, -0.25) is 9.59 Å². The number of nitrogens with zero attached hydrogens (tertiary/aromatic N) is 1. The number of carbonyl (C=O) groups is 2. The van der Waals surface area contributed by atoms with Gasteiger partial charge in [0, 0.05) is 10.6 Å². The highest BCUT2D eigenvalue weighted by atomic mass is 35.5. The van der Waals surface area contributed by atoms with Crippen LogP contribution in [0, 0.1) is 5.82 Å². The van der Waals surface area contributed by atoms with Crippen LogP contribution in [0.4, 0.5) is 4.39 Å². The van der Waals surface area contributed by atoms with Gasteiger partial charge in [0.25, 0.3) is 5.91 Å². The molecule has 2 N–H and O–H groups in total. The Hall–Kier alpha value is -3.18. The van der Waals surface area contributed by atoms with Gasteiger partial charge in [-0.2, -0.15) is 0 Å². The van der Waals surface area contributed by atoms with Crippen molar-refractivity contribution in [3.63, 3.8) is 0 Å². The fourth-order valence-electron chi connectivity index (χ4n) is 4.18. The van der Waals surface area contributed by atoms with Gasteiger partial charge in [0.05, 0.1) is 6.04 Å². The van der Waals surface area contributed by atoms with Gasteiger partial charge in [-0.1, -0.05) is 60.1 Å². The van der Waals surface area contributed by atoms with Crippen molar-refractivity contribution >= 4 is 23.4 Å². The maximum atomic E-state index is 14.5. The number of hydrogen-bond acceptors (Lipinski definition) is 2. The number of hydrogen-bond donors (Lipinski definition) is 1. The van der Waals surface area contributed by atoms with E-state index in [1.165, 1.54) is 11.0 Å². The number of rotatable bonds is 5. The summed E-state index contributed by atoms with van der Waals surface area (Å²) in [6.45, 7) is 0. The maximum absolute atomic E-state index is 14.5. The molecule has 0 spiro atoms. The van der Waals surface area contributed by atoms with Crippen LogP contribution < -0.4 is 5.73 Å². The zero-order chi connectivity index (χ0) is 21.3. The summed E-state index contributed by atoms with van der Waals surface area (Å²) in [4.78, 5) is 27.7. The lowest BCUT2D eigenvalue weighted by atomic mass is 9.98. The highest BCUT2D eigenvalue weighted by Gasteiger charge is 2.40. The molecule has 0 saturated carbocycles. The van der Waals surface area contributed by atoms with E-state index in [9.17, 15) is 14.0 Å². The molecule has 6 heteroatoms. The largest absolute Gasteiger partial charge is 0.368 e. The molecule has 2 amide bonds. The molecule has 2 atom stereocenters. The van der Waals surface area contributed by atoms with Crippen molar-refractivity contribution in [2.24, 2.45) is 5.73 Å². The van der Waals surface area contributed by atoms with Crippen molar-refractivity contribution < 1.29 is 14.0 Å². The molecular weight excluding hydrogens is 403 g/mol. The fraction of sp³-hybridized carbons (Fsp3) is 0.167. The number of amides is 2. The average Bonchev–Trinajstić information content (AvgIpc) is 3.16. The Morgan fingerprint density at radius 3 is 2.30 bits per heavy atom. The number of nitrogens with two attached hydrogens (primary N) is 1. The Balaban J connectivity index is 1.88. The molecule has 0 aliphatic heterocycles. The van der Waals surface area contributed by atoms with Crippen molar-refractivity contribution in [3.8, 4) is 0 Å². The van der Waals surface area contributed by atoms with Gasteiger partial charge in [-0.25, -0.2) is 4.39 Å². The molecule has 0 saturated heterocycles. The molecule has 152 valence electrons. The van der Waals surface area contributed by atoms with Gasteiger partial charge in [0.15, 0.2) is 0 Å². The van der Waals surface area contributed by atoms with Crippen molar-refractivity contribution in [2.45, 2.75) is 24.9 Å². The number of primary amides is 1. The van der Waals surface area contributed by atoms with Crippen molar-refractivity contribution in [3.05, 3.63) is 106 Å². The minimum Gasteiger partial charge on any atom is -0.368 e. The van der Waals surface area contributed by atoms with Gasteiger partial charge in [0.2, 0.25) is 5.91 Å². The summed E-state index contributed by atoms with van der Waals surface area (Å²) in [7, 11) is 0. The van der Waals surface area contributed by atoms with E-state index in [0.29, 0.717) is 35.1 Å². The zero-order valence-corrected chi connectivity index (χ0v) is 16.9. The first-order valence-electron chi connectivity index (χ1n) is 9.67. The second-order valence-corrected chi connectivity index (χ2v) is 7.74. The maximum Gasteiger partial charge on any atom is 0.255 e. The molecule has 0 radical (unpaired) electrons. The monoisotopic (exact) mass is 422 g/mol. The Labute approximate surface area is 179 Å². The summed E-state index contributed by atoms with van der Waals surface area (Å²) in [6.07, 6.45) is 0.920. The van der Waals surface area contributed by atoms with E-state index in [-0.39, 0.29) is 10.9 Å². The minimum atomic E-state index is -1.00. The van der Waals surface area contributed by atoms with Crippen LogP contribution in [0.1, 0.15) is 45.6 Å². The van der Waals surface area contributed by atoms with Crippen molar-refractivity contribution in [1.29, 1.82) is 0 Å². The predicted molar refractivity (Wildman–Crippen MR) is 113 cm³/mol. The third-order valence-electron chi connectivity index (χ3n) is 5.48. The van der Waals surface area contributed by atoms with Crippen molar-refractivity contribution in [2.75, 3.05) is 0 Å². The smallest absolute Gasteiger partial charge is 0.255 e. The first-order valence-corrected chi connectivity index (χ1v) is 10.0. The standard InChI is InChI=1S/C24H20ClFN2O2/c25-17-13-19-18(20(26)14-17)11-12-21(19)28(24(30)16-9-5-2-6-10-16)22(23(27)29)15-7-3-1-4-8-15/h1-10,13-14,21-22H,11-12H2,(H2,27,29)/t21-,22+/m1/s1. The van der Waals surface area contributed by atoms with E-state index in [1.54, 1.807) is 54.6 Å². The van der Waals surface area contributed by atoms with Crippen LogP contribution in [0.15, 0.2) is 72.8 Å². The van der Waals surface area contributed by atoms with Gasteiger partial charge in [0.1, 0.15) is 11.9 Å². The van der Waals surface area contributed by atoms with Crippen LogP contribution in [0.25, 0.3) is 0 Å². The third-order valence-corrected chi connectivity index (χ3v) is 5.69. The molecule has 3 aromatic rings. The lowest BCUT2D eigenvalue weighted by Gasteiger charge is -2.36. The first-order chi connectivity index (χ1) is 14.5. The predicted octanol–water partition coefficient (Wildman–Crippen LogP) is 4.84. The van der Waals surface area contributed by atoms with Crippen LogP contribution in [-0.2, 0) is 11.2 Å². The summed E-state index contributed by atoms with van der Waals surface area (Å²) in [6, 6.07) is 19.0. The van der Waals surface area contributed by atoms with Crippen LogP contribution in [-0.4, -0.2) is 16.7 Å². The van der Waals surface area contributed by atoms with Gasteiger partial charge < -0.3 is 10.6 Å². The van der Waals surface area contributed by atoms with Crippen LogP contribution in [0.3, 0.4) is 0 Å². The van der Waals surface area contributed by atoms with Gasteiger partial charge >= 0.3 is 0 Å². The molecule has 4 nitrogen and oxygen atoms in total. The number of carbonyl (C=O) groups excluding carboxylic acids is 2. The summed E-state index contributed by atoms with van der Waals surface area (Å²) in [5.74, 6) is -1.40. The van der Waals surface area contributed by atoms with Gasteiger partial charge in [-0.05, 0) is 53.8 Å². The van der Waals surface area contributed by atoms with E-state index in [4.69, 9.17) is 17.3 Å². The summed E-state index contributed by atoms with van der Waals surface area (Å²) in [5, 5.41) is 0.251. The summed E-state index contributed by atoms with van der Waals surface area (Å²) >= 11 is 6.12.